The summed E-state index contributed by atoms with van der Waals surface area (Å²) in [6.07, 6.45) is 0. The van der Waals surface area contributed by atoms with Crippen LogP contribution in [0.4, 0.5) is 5.69 Å². The Hall–Kier alpha value is -1.14. The molecule has 2 aromatic rings. The summed E-state index contributed by atoms with van der Waals surface area (Å²) in [5.41, 5.74) is 0.500. The lowest BCUT2D eigenvalue weighted by Crippen LogP contribution is -2.22. The fraction of sp³-hybridized carbons (Fsp3) is 0.400. The van der Waals surface area contributed by atoms with Gasteiger partial charge in [-0.25, -0.2) is 13.6 Å². The van der Waals surface area contributed by atoms with E-state index in [1.165, 1.54) is 47.4 Å². The van der Waals surface area contributed by atoms with Gasteiger partial charge in [0.1, 0.15) is 0 Å². The molecule has 1 unspecified atom stereocenters. The number of thioether (sulfide) groups is 2. The maximum absolute atomic E-state index is 12.3. The van der Waals surface area contributed by atoms with Crippen LogP contribution in [0.1, 0.15) is 20.8 Å². The van der Waals surface area contributed by atoms with Gasteiger partial charge in [-0.1, -0.05) is 48.7 Å². The minimum Gasteiger partial charge on any atom is -0.325 e. The van der Waals surface area contributed by atoms with Gasteiger partial charge in [0.25, 0.3) is 0 Å². The van der Waals surface area contributed by atoms with Crippen molar-refractivity contribution in [2.24, 2.45) is 11.1 Å². The number of sulfonamides is 1. The number of anilines is 1. The van der Waals surface area contributed by atoms with Crippen LogP contribution in [0.2, 0.25) is 0 Å². The van der Waals surface area contributed by atoms with Gasteiger partial charge in [-0.2, -0.15) is 0 Å². The average Bonchev–Trinajstić information content (AvgIpc) is 3.00. The number of hydrogen-bond acceptors (Lipinski definition) is 8. The smallest absolute Gasteiger partial charge is 0.238 e. The highest BCUT2D eigenvalue weighted by molar-refractivity contribution is 8.04. The summed E-state index contributed by atoms with van der Waals surface area (Å²) in [5, 5.41) is 15.7. The number of primary sulfonamides is 1. The van der Waals surface area contributed by atoms with Gasteiger partial charge in [0.15, 0.2) is 8.68 Å². The first-order valence-electron chi connectivity index (χ1n) is 7.72. The molecule has 1 aromatic heterocycles. The SMILES string of the molecule is CC(C)CSc1nnc(SC(C)C(=O)Nc2ccc(S(N)(=O)=O)cc2)s1. The van der Waals surface area contributed by atoms with Crippen LogP contribution in [0.5, 0.6) is 0 Å². The lowest BCUT2D eigenvalue weighted by molar-refractivity contribution is -0.115. The number of hydrogen-bond donors (Lipinski definition) is 2. The van der Waals surface area contributed by atoms with Crippen molar-refractivity contribution in [3.05, 3.63) is 24.3 Å². The Balaban J connectivity index is 1.91. The van der Waals surface area contributed by atoms with E-state index in [-0.39, 0.29) is 16.1 Å². The van der Waals surface area contributed by atoms with E-state index in [1.807, 2.05) is 0 Å². The molecule has 0 aliphatic heterocycles. The fourth-order valence-electron chi connectivity index (χ4n) is 1.72. The van der Waals surface area contributed by atoms with E-state index in [1.54, 1.807) is 18.7 Å². The summed E-state index contributed by atoms with van der Waals surface area (Å²) >= 11 is 4.47. The normalized spacial score (nSPS) is 13.0. The zero-order chi connectivity index (χ0) is 19.3. The standard InChI is InChI=1S/C15H20N4O3S4/c1-9(2)8-23-14-18-19-15(25-14)24-10(3)13(20)17-11-4-6-12(7-5-11)26(16,21)22/h4-7,9-10H,8H2,1-3H3,(H,17,20)(H2,16,21,22). The number of amides is 1. The molecule has 0 saturated heterocycles. The van der Waals surface area contributed by atoms with Crippen LogP contribution in [0.3, 0.4) is 0 Å². The summed E-state index contributed by atoms with van der Waals surface area (Å²) in [6, 6.07) is 5.71. The van der Waals surface area contributed by atoms with Crippen LogP contribution in [0.15, 0.2) is 37.8 Å². The highest BCUT2D eigenvalue weighted by Gasteiger charge is 2.18. The van der Waals surface area contributed by atoms with E-state index in [4.69, 9.17) is 5.14 Å². The quantitative estimate of drug-likeness (QED) is 0.616. The molecule has 0 radical (unpaired) electrons. The van der Waals surface area contributed by atoms with E-state index in [2.05, 4.69) is 29.4 Å². The summed E-state index contributed by atoms with van der Waals surface area (Å²) in [5.74, 6) is 1.35. The first kappa shape index (κ1) is 21.2. The van der Waals surface area contributed by atoms with Crippen molar-refractivity contribution in [1.82, 2.24) is 10.2 Å². The Morgan fingerprint density at radius 1 is 1.19 bits per heavy atom. The number of carbonyl (C=O) groups excluding carboxylic acids is 1. The number of nitrogens with one attached hydrogen (secondary N) is 1. The van der Waals surface area contributed by atoms with Crippen LogP contribution in [0.25, 0.3) is 0 Å². The Kier molecular flexibility index (Phi) is 7.47. The third-order valence-corrected chi connectivity index (χ3v) is 7.62. The van der Waals surface area contributed by atoms with Crippen molar-refractivity contribution in [2.45, 2.75) is 39.6 Å². The van der Waals surface area contributed by atoms with Crippen molar-refractivity contribution in [2.75, 3.05) is 11.1 Å². The molecule has 0 spiro atoms. The van der Waals surface area contributed by atoms with Crippen molar-refractivity contribution < 1.29 is 13.2 Å². The topological polar surface area (TPSA) is 115 Å². The second-order valence-electron chi connectivity index (χ2n) is 5.86. The van der Waals surface area contributed by atoms with Crippen molar-refractivity contribution in [3.8, 4) is 0 Å². The minimum absolute atomic E-state index is 0.00166. The number of carbonyl (C=O) groups is 1. The van der Waals surface area contributed by atoms with Crippen LogP contribution in [-0.4, -0.2) is 35.5 Å². The molecule has 26 heavy (non-hydrogen) atoms. The summed E-state index contributed by atoms with van der Waals surface area (Å²) in [7, 11) is -3.75. The van der Waals surface area contributed by atoms with Gasteiger partial charge in [-0.15, -0.1) is 10.2 Å². The Morgan fingerprint density at radius 2 is 1.81 bits per heavy atom. The fourth-order valence-corrected chi connectivity index (χ4v) is 5.37. The molecule has 0 bridgehead atoms. The van der Waals surface area contributed by atoms with Gasteiger partial charge in [0.05, 0.1) is 10.1 Å². The Morgan fingerprint density at radius 3 is 2.38 bits per heavy atom. The van der Waals surface area contributed by atoms with Gasteiger partial charge < -0.3 is 5.32 Å². The van der Waals surface area contributed by atoms with Gasteiger partial charge in [0.2, 0.25) is 15.9 Å². The summed E-state index contributed by atoms with van der Waals surface area (Å²) < 4.78 is 24.1. The third-order valence-electron chi connectivity index (χ3n) is 3.03. The van der Waals surface area contributed by atoms with Crippen molar-refractivity contribution >= 4 is 56.5 Å². The molecule has 0 aliphatic carbocycles. The second kappa shape index (κ2) is 9.18. The number of aromatic nitrogens is 2. The molecular formula is C15H20N4O3S4. The molecule has 0 fully saturated rings. The van der Waals surface area contributed by atoms with Crippen LogP contribution >= 0.6 is 34.9 Å². The molecule has 1 heterocycles. The molecule has 0 saturated carbocycles. The monoisotopic (exact) mass is 432 g/mol. The predicted molar refractivity (Wildman–Crippen MR) is 107 cm³/mol. The van der Waals surface area contributed by atoms with Crippen molar-refractivity contribution in [3.63, 3.8) is 0 Å². The number of benzene rings is 1. The molecule has 142 valence electrons. The first-order valence-corrected chi connectivity index (χ1v) is 11.9. The Bertz CT molecular complexity index is 850. The van der Waals surface area contributed by atoms with Gasteiger partial charge in [-0.3, -0.25) is 4.79 Å². The molecule has 1 amide bonds. The van der Waals surface area contributed by atoms with Gasteiger partial charge >= 0.3 is 0 Å². The third kappa shape index (κ3) is 6.54. The highest BCUT2D eigenvalue weighted by atomic mass is 32.2. The molecule has 2 rings (SSSR count). The molecule has 0 aliphatic rings. The zero-order valence-electron chi connectivity index (χ0n) is 14.5. The second-order valence-corrected chi connectivity index (χ2v) is 11.3. The van der Waals surface area contributed by atoms with E-state index >= 15 is 0 Å². The predicted octanol–water partition coefficient (Wildman–Crippen LogP) is 3.05. The van der Waals surface area contributed by atoms with Gasteiger partial charge in [-0.05, 0) is 37.1 Å². The van der Waals surface area contributed by atoms with Crippen LogP contribution < -0.4 is 10.5 Å². The molecule has 11 heteroatoms. The summed E-state index contributed by atoms with van der Waals surface area (Å²) in [4.78, 5) is 12.3. The van der Waals surface area contributed by atoms with E-state index in [9.17, 15) is 13.2 Å². The maximum atomic E-state index is 12.3. The van der Waals surface area contributed by atoms with Crippen LogP contribution in [0, 0.1) is 5.92 Å². The first-order chi connectivity index (χ1) is 12.1. The molecule has 1 aromatic carbocycles. The van der Waals surface area contributed by atoms with Crippen LogP contribution in [-0.2, 0) is 14.8 Å². The molecule has 1 atom stereocenters. The molecule has 3 N–H and O–H groups in total. The number of nitrogens with zero attached hydrogens (tertiary/aromatic N) is 2. The van der Waals surface area contributed by atoms with E-state index in [0.717, 1.165) is 14.4 Å². The minimum atomic E-state index is -3.75. The molecular weight excluding hydrogens is 412 g/mol. The van der Waals surface area contributed by atoms with E-state index < -0.39 is 10.0 Å². The van der Waals surface area contributed by atoms with Gasteiger partial charge in [0, 0.05) is 11.4 Å². The zero-order valence-corrected chi connectivity index (χ0v) is 17.8. The maximum Gasteiger partial charge on any atom is 0.238 e. The Labute approximate surface area is 165 Å². The number of rotatable bonds is 8. The largest absolute Gasteiger partial charge is 0.325 e. The number of nitrogens with two attached hydrogens (primary N) is 1. The lowest BCUT2D eigenvalue weighted by Gasteiger charge is -2.10. The van der Waals surface area contributed by atoms with E-state index in [0.29, 0.717) is 11.6 Å². The molecule has 7 nitrogen and oxygen atoms in total. The summed E-state index contributed by atoms with van der Waals surface area (Å²) in [6.45, 7) is 6.07. The van der Waals surface area contributed by atoms with Crippen molar-refractivity contribution in [1.29, 1.82) is 0 Å². The average molecular weight is 433 g/mol. The lowest BCUT2D eigenvalue weighted by atomic mass is 10.3. The highest BCUT2D eigenvalue weighted by Crippen LogP contribution is 2.32.